The average Bonchev–Trinajstić information content (AvgIpc) is 2.91. The number of hydrazone groups is 1. The Labute approximate surface area is 127 Å². The van der Waals surface area contributed by atoms with Crippen LogP contribution in [0.2, 0.25) is 0 Å². The fourth-order valence-corrected chi connectivity index (χ4v) is 2.37. The third-order valence-corrected chi connectivity index (χ3v) is 3.62. The van der Waals surface area contributed by atoms with Crippen molar-refractivity contribution >= 4 is 29.1 Å². The maximum absolute atomic E-state index is 11.6. The highest BCUT2D eigenvalue weighted by Crippen LogP contribution is 2.14. The lowest BCUT2D eigenvalue weighted by atomic mass is 10.3. The highest BCUT2D eigenvalue weighted by Gasteiger charge is 2.00. The SMILES string of the molecule is COc1ccc(NCC(=O)NN=Cc2ccc(C)s2)cc1. The molecule has 110 valence electrons. The standard InChI is InChI=1S/C15H17N3O2S/c1-11-3-8-14(21-11)9-17-18-15(19)10-16-12-4-6-13(20-2)7-5-12/h3-9,16H,10H2,1-2H3,(H,18,19). The van der Waals surface area contributed by atoms with Gasteiger partial charge in [-0.05, 0) is 43.3 Å². The van der Waals surface area contributed by atoms with Crippen LogP contribution in [0.25, 0.3) is 0 Å². The van der Waals surface area contributed by atoms with Gasteiger partial charge in [0.1, 0.15) is 5.75 Å². The third-order valence-electron chi connectivity index (χ3n) is 2.69. The molecule has 0 radical (unpaired) electrons. The molecule has 2 rings (SSSR count). The van der Waals surface area contributed by atoms with Gasteiger partial charge in [-0.15, -0.1) is 11.3 Å². The van der Waals surface area contributed by atoms with Crippen LogP contribution in [0.1, 0.15) is 9.75 Å². The molecule has 0 atom stereocenters. The summed E-state index contributed by atoms with van der Waals surface area (Å²) in [6, 6.07) is 11.3. The summed E-state index contributed by atoms with van der Waals surface area (Å²) in [6.45, 7) is 2.19. The van der Waals surface area contributed by atoms with Crippen molar-refractivity contribution in [2.45, 2.75) is 6.92 Å². The molecule has 2 aromatic rings. The first-order valence-electron chi connectivity index (χ1n) is 6.43. The molecular formula is C15H17N3O2S. The van der Waals surface area contributed by atoms with Gasteiger partial charge in [0, 0.05) is 15.4 Å². The number of hydrogen-bond acceptors (Lipinski definition) is 5. The molecule has 0 saturated heterocycles. The van der Waals surface area contributed by atoms with E-state index < -0.39 is 0 Å². The minimum absolute atomic E-state index is 0.160. The van der Waals surface area contributed by atoms with Gasteiger partial charge in [0.2, 0.25) is 0 Å². The maximum Gasteiger partial charge on any atom is 0.259 e. The Kier molecular flexibility index (Phi) is 5.34. The maximum atomic E-state index is 11.6. The van der Waals surface area contributed by atoms with Gasteiger partial charge in [0.05, 0.1) is 19.9 Å². The Balaban J connectivity index is 1.75. The van der Waals surface area contributed by atoms with Crippen molar-refractivity contribution in [3.63, 3.8) is 0 Å². The zero-order valence-electron chi connectivity index (χ0n) is 11.9. The predicted octanol–water partition coefficient (Wildman–Crippen LogP) is 2.63. The van der Waals surface area contributed by atoms with E-state index in [1.54, 1.807) is 24.7 Å². The van der Waals surface area contributed by atoms with E-state index in [1.165, 1.54) is 4.88 Å². The third kappa shape index (κ3) is 4.92. The molecule has 0 aliphatic carbocycles. The fraction of sp³-hybridized carbons (Fsp3) is 0.200. The molecule has 5 nitrogen and oxygen atoms in total. The molecule has 0 spiro atoms. The van der Waals surface area contributed by atoms with Gasteiger partial charge in [-0.2, -0.15) is 5.10 Å². The van der Waals surface area contributed by atoms with E-state index in [4.69, 9.17) is 4.74 Å². The predicted molar refractivity (Wildman–Crippen MR) is 86.3 cm³/mol. The van der Waals surface area contributed by atoms with Crippen molar-refractivity contribution in [1.29, 1.82) is 0 Å². The number of thiophene rings is 1. The number of nitrogens with zero attached hydrogens (tertiary/aromatic N) is 1. The Morgan fingerprint density at radius 2 is 2.05 bits per heavy atom. The molecule has 6 heteroatoms. The lowest BCUT2D eigenvalue weighted by Crippen LogP contribution is -2.25. The number of aryl methyl sites for hydroxylation is 1. The van der Waals surface area contributed by atoms with Crippen molar-refractivity contribution < 1.29 is 9.53 Å². The fourth-order valence-electron chi connectivity index (χ4n) is 1.62. The molecule has 0 bridgehead atoms. The number of methoxy groups -OCH3 is 1. The zero-order valence-corrected chi connectivity index (χ0v) is 12.7. The second kappa shape index (κ2) is 7.44. The molecule has 1 aromatic carbocycles. The summed E-state index contributed by atoms with van der Waals surface area (Å²) in [5.74, 6) is 0.580. The van der Waals surface area contributed by atoms with Gasteiger partial charge in [-0.25, -0.2) is 5.43 Å². The number of ether oxygens (including phenoxy) is 1. The van der Waals surface area contributed by atoms with Crippen LogP contribution in [0, 0.1) is 6.92 Å². The number of carbonyl (C=O) groups is 1. The number of amides is 1. The molecule has 1 heterocycles. The molecule has 0 aliphatic heterocycles. The van der Waals surface area contributed by atoms with Gasteiger partial charge < -0.3 is 10.1 Å². The molecule has 0 aliphatic rings. The lowest BCUT2D eigenvalue weighted by molar-refractivity contribution is -0.119. The van der Waals surface area contributed by atoms with E-state index in [0.29, 0.717) is 0 Å². The molecular weight excluding hydrogens is 286 g/mol. The van der Waals surface area contributed by atoms with Crippen molar-refractivity contribution in [1.82, 2.24) is 5.43 Å². The Morgan fingerprint density at radius 1 is 1.29 bits per heavy atom. The van der Waals surface area contributed by atoms with Gasteiger partial charge in [0.15, 0.2) is 0 Å². The van der Waals surface area contributed by atoms with Crippen LogP contribution in [0.5, 0.6) is 5.75 Å². The molecule has 1 amide bonds. The van der Waals surface area contributed by atoms with Crippen molar-refractivity contribution in [3.8, 4) is 5.75 Å². The Morgan fingerprint density at radius 3 is 2.67 bits per heavy atom. The van der Waals surface area contributed by atoms with Crippen LogP contribution < -0.4 is 15.5 Å². The molecule has 2 N–H and O–H groups in total. The van der Waals surface area contributed by atoms with E-state index in [9.17, 15) is 4.79 Å². The second-order valence-electron chi connectivity index (χ2n) is 4.32. The summed E-state index contributed by atoms with van der Waals surface area (Å²) in [5.41, 5.74) is 3.33. The van der Waals surface area contributed by atoms with E-state index in [1.807, 2.05) is 43.3 Å². The lowest BCUT2D eigenvalue weighted by Gasteiger charge is -2.06. The smallest absolute Gasteiger partial charge is 0.259 e. The summed E-state index contributed by atoms with van der Waals surface area (Å²) in [7, 11) is 1.61. The van der Waals surface area contributed by atoms with Crippen LogP contribution in [-0.4, -0.2) is 25.8 Å². The van der Waals surface area contributed by atoms with Crippen molar-refractivity contribution in [3.05, 3.63) is 46.2 Å². The number of anilines is 1. The summed E-state index contributed by atoms with van der Waals surface area (Å²) in [6.07, 6.45) is 1.64. The Hall–Kier alpha value is -2.34. The number of nitrogens with one attached hydrogen (secondary N) is 2. The van der Waals surface area contributed by atoms with Crippen LogP contribution in [-0.2, 0) is 4.79 Å². The van der Waals surface area contributed by atoms with Crippen molar-refractivity contribution in [2.75, 3.05) is 19.0 Å². The van der Waals surface area contributed by atoms with Crippen LogP contribution in [0.15, 0.2) is 41.5 Å². The van der Waals surface area contributed by atoms with E-state index in [2.05, 4.69) is 15.8 Å². The molecule has 21 heavy (non-hydrogen) atoms. The molecule has 0 unspecified atom stereocenters. The first kappa shape index (κ1) is 15.1. The van der Waals surface area contributed by atoms with Crippen LogP contribution in [0.4, 0.5) is 5.69 Å². The molecule has 1 aromatic heterocycles. The van der Waals surface area contributed by atoms with E-state index in [-0.39, 0.29) is 12.5 Å². The molecule has 0 fully saturated rings. The minimum atomic E-state index is -0.199. The highest BCUT2D eigenvalue weighted by atomic mass is 32.1. The average molecular weight is 303 g/mol. The van der Waals surface area contributed by atoms with Gasteiger partial charge in [0.25, 0.3) is 5.91 Å². The topological polar surface area (TPSA) is 62.7 Å². The van der Waals surface area contributed by atoms with Crippen LogP contribution >= 0.6 is 11.3 Å². The van der Waals surface area contributed by atoms with E-state index >= 15 is 0 Å². The quantitative estimate of drug-likeness (QED) is 0.637. The number of carbonyl (C=O) groups excluding carboxylic acids is 1. The first-order valence-corrected chi connectivity index (χ1v) is 7.25. The van der Waals surface area contributed by atoms with Gasteiger partial charge in [-0.3, -0.25) is 4.79 Å². The van der Waals surface area contributed by atoms with E-state index in [0.717, 1.165) is 16.3 Å². The summed E-state index contributed by atoms with van der Waals surface area (Å²) in [5, 5.41) is 6.93. The highest BCUT2D eigenvalue weighted by molar-refractivity contribution is 7.13. The first-order chi connectivity index (χ1) is 10.2. The van der Waals surface area contributed by atoms with Crippen LogP contribution in [0.3, 0.4) is 0 Å². The van der Waals surface area contributed by atoms with Crippen molar-refractivity contribution in [2.24, 2.45) is 5.10 Å². The zero-order chi connectivity index (χ0) is 15.1. The Bertz CT molecular complexity index is 620. The second-order valence-corrected chi connectivity index (χ2v) is 5.64. The van der Waals surface area contributed by atoms with Gasteiger partial charge >= 0.3 is 0 Å². The summed E-state index contributed by atoms with van der Waals surface area (Å²) in [4.78, 5) is 13.8. The summed E-state index contributed by atoms with van der Waals surface area (Å²) < 4.78 is 5.07. The van der Waals surface area contributed by atoms with Gasteiger partial charge in [-0.1, -0.05) is 0 Å². The number of hydrogen-bond donors (Lipinski definition) is 2. The number of rotatable bonds is 6. The summed E-state index contributed by atoms with van der Waals surface area (Å²) >= 11 is 1.62. The largest absolute Gasteiger partial charge is 0.497 e. The number of benzene rings is 1. The monoisotopic (exact) mass is 303 g/mol. The minimum Gasteiger partial charge on any atom is -0.497 e. The normalized spacial score (nSPS) is 10.6. The molecule has 0 saturated carbocycles.